The molecular weight excluding hydrogens is 298 g/mol. The van der Waals surface area contributed by atoms with E-state index in [-0.39, 0.29) is 0 Å². The highest BCUT2D eigenvalue weighted by Crippen LogP contribution is 2.36. The second-order valence-electron chi connectivity index (χ2n) is 6.00. The Labute approximate surface area is 140 Å². The van der Waals surface area contributed by atoms with Crippen molar-refractivity contribution >= 4 is 21.5 Å². The van der Waals surface area contributed by atoms with Gasteiger partial charge in [-0.05, 0) is 34.7 Å². The van der Waals surface area contributed by atoms with Gasteiger partial charge in [-0.25, -0.2) is 0 Å². The number of aromatic nitrogens is 1. The van der Waals surface area contributed by atoms with E-state index in [0.717, 1.165) is 37.4 Å². The molecule has 0 saturated heterocycles. The van der Waals surface area contributed by atoms with Crippen LogP contribution >= 0.6 is 0 Å². The van der Waals surface area contributed by atoms with E-state index in [1.165, 1.54) is 6.20 Å². The fourth-order valence-electron chi connectivity index (χ4n) is 3.34. The maximum absolute atomic E-state index is 12.7. The molecule has 0 aliphatic rings. The number of hydrogen-bond acceptors (Lipinski definition) is 2. The molecule has 1 heterocycles. The summed E-state index contributed by atoms with van der Waals surface area (Å²) in [5, 5.41) is 26.9. The van der Waals surface area contributed by atoms with E-state index in [9.17, 15) is 10.3 Å². The molecule has 0 bridgehead atoms. The van der Waals surface area contributed by atoms with Crippen LogP contribution in [0.3, 0.4) is 0 Å². The highest BCUT2D eigenvalue weighted by Gasteiger charge is 2.22. The molecule has 0 fully saturated rings. The molecule has 0 amide bonds. The van der Waals surface area contributed by atoms with Gasteiger partial charge in [0.2, 0.25) is 5.69 Å². The van der Waals surface area contributed by atoms with Crippen molar-refractivity contribution in [2.45, 2.75) is 13.0 Å². The standard InChI is InChI=1S/C21H17NO2/c1-14(23)17-11-10-15-6-2-4-8-18(15)20(17)21-19-9-5-3-7-16(19)12-13-22(21)24/h2-14,23H,1H3. The summed E-state index contributed by atoms with van der Waals surface area (Å²) in [6.07, 6.45) is 0.870. The molecule has 0 aliphatic heterocycles. The Bertz CT molecular complexity index is 1050. The maximum atomic E-state index is 12.7. The lowest BCUT2D eigenvalue weighted by atomic mass is 9.91. The molecule has 4 rings (SSSR count). The van der Waals surface area contributed by atoms with E-state index in [2.05, 4.69) is 0 Å². The molecule has 0 aliphatic carbocycles. The van der Waals surface area contributed by atoms with Crippen molar-refractivity contribution in [3.05, 3.63) is 83.7 Å². The molecule has 3 nitrogen and oxygen atoms in total. The third-order valence-corrected chi connectivity index (χ3v) is 4.47. The van der Waals surface area contributed by atoms with Crippen molar-refractivity contribution in [2.24, 2.45) is 0 Å². The van der Waals surface area contributed by atoms with Crippen molar-refractivity contribution in [1.29, 1.82) is 0 Å². The van der Waals surface area contributed by atoms with Gasteiger partial charge >= 0.3 is 0 Å². The summed E-state index contributed by atoms with van der Waals surface area (Å²) in [4.78, 5) is 0. The van der Waals surface area contributed by atoms with Crippen LogP contribution in [0, 0.1) is 5.21 Å². The monoisotopic (exact) mass is 315 g/mol. The molecule has 118 valence electrons. The molecule has 1 N–H and O–H groups in total. The van der Waals surface area contributed by atoms with Crippen LogP contribution in [0.15, 0.2) is 72.9 Å². The predicted octanol–water partition coefficient (Wildman–Crippen LogP) is 4.35. The summed E-state index contributed by atoms with van der Waals surface area (Å²) in [5.41, 5.74) is 2.14. The lowest BCUT2D eigenvalue weighted by molar-refractivity contribution is -0.592. The second kappa shape index (κ2) is 5.62. The van der Waals surface area contributed by atoms with Crippen LogP contribution in [-0.2, 0) is 0 Å². The second-order valence-corrected chi connectivity index (χ2v) is 6.00. The Balaban J connectivity index is 2.21. The third-order valence-electron chi connectivity index (χ3n) is 4.47. The smallest absolute Gasteiger partial charge is 0.232 e. The van der Waals surface area contributed by atoms with E-state index in [1.807, 2.05) is 66.7 Å². The number of hydrogen-bond donors (Lipinski definition) is 1. The first-order chi connectivity index (χ1) is 11.7. The molecular formula is C21H17NO2. The van der Waals surface area contributed by atoms with E-state index < -0.39 is 6.10 Å². The van der Waals surface area contributed by atoms with Crippen LogP contribution in [0.25, 0.3) is 32.8 Å². The topological polar surface area (TPSA) is 47.2 Å². The highest BCUT2D eigenvalue weighted by molar-refractivity contribution is 6.04. The first-order valence-corrected chi connectivity index (χ1v) is 7.98. The Morgan fingerprint density at radius 3 is 2.17 bits per heavy atom. The number of aliphatic hydroxyl groups excluding tert-OH is 1. The molecule has 1 unspecified atom stereocenters. The van der Waals surface area contributed by atoms with Crippen LogP contribution in [0.5, 0.6) is 0 Å². The number of aliphatic hydroxyl groups is 1. The number of nitrogens with zero attached hydrogens (tertiary/aromatic N) is 1. The average Bonchev–Trinajstić information content (AvgIpc) is 2.61. The zero-order valence-electron chi connectivity index (χ0n) is 13.3. The molecule has 0 radical (unpaired) electrons. The number of pyridine rings is 1. The minimum atomic E-state index is -0.663. The molecule has 0 saturated carbocycles. The largest absolute Gasteiger partial charge is 0.618 e. The molecule has 24 heavy (non-hydrogen) atoms. The van der Waals surface area contributed by atoms with Gasteiger partial charge in [-0.2, -0.15) is 4.73 Å². The molecule has 4 aromatic rings. The van der Waals surface area contributed by atoms with E-state index in [4.69, 9.17) is 0 Å². The van der Waals surface area contributed by atoms with Gasteiger partial charge in [0.15, 0.2) is 6.20 Å². The zero-order chi connectivity index (χ0) is 16.7. The van der Waals surface area contributed by atoms with Crippen LogP contribution < -0.4 is 4.73 Å². The highest BCUT2D eigenvalue weighted by atomic mass is 16.5. The van der Waals surface area contributed by atoms with Gasteiger partial charge in [0.25, 0.3) is 0 Å². The number of rotatable bonds is 2. The molecule has 1 aromatic heterocycles. The first-order valence-electron chi connectivity index (χ1n) is 7.98. The van der Waals surface area contributed by atoms with Gasteiger partial charge in [0.1, 0.15) is 0 Å². The van der Waals surface area contributed by atoms with Crippen molar-refractivity contribution in [1.82, 2.24) is 0 Å². The summed E-state index contributed by atoms with van der Waals surface area (Å²) in [6, 6.07) is 21.5. The van der Waals surface area contributed by atoms with Gasteiger partial charge in [-0.3, -0.25) is 0 Å². The Morgan fingerprint density at radius 1 is 0.833 bits per heavy atom. The minimum Gasteiger partial charge on any atom is -0.618 e. The van der Waals surface area contributed by atoms with Crippen LogP contribution in [-0.4, -0.2) is 5.11 Å². The molecule has 3 heteroatoms. The van der Waals surface area contributed by atoms with E-state index in [0.29, 0.717) is 5.69 Å². The van der Waals surface area contributed by atoms with Gasteiger partial charge < -0.3 is 10.3 Å². The fraction of sp³-hybridized carbons (Fsp3) is 0.0952. The lowest BCUT2D eigenvalue weighted by Gasteiger charge is -2.16. The Morgan fingerprint density at radius 2 is 1.46 bits per heavy atom. The molecule has 1 atom stereocenters. The van der Waals surface area contributed by atoms with Gasteiger partial charge in [0, 0.05) is 6.07 Å². The van der Waals surface area contributed by atoms with Crippen LogP contribution in [0.2, 0.25) is 0 Å². The lowest BCUT2D eigenvalue weighted by Crippen LogP contribution is -2.29. The van der Waals surface area contributed by atoms with E-state index in [1.54, 1.807) is 6.92 Å². The molecule has 3 aromatic carbocycles. The minimum absolute atomic E-state index is 0.584. The van der Waals surface area contributed by atoms with Crippen LogP contribution in [0.4, 0.5) is 0 Å². The van der Waals surface area contributed by atoms with Crippen molar-refractivity contribution in [2.75, 3.05) is 0 Å². The fourth-order valence-corrected chi connectivity index (χ4v) is 3.34. The Kier molecular flexibility index (Phi) is 3.44. The normalized spacial score (nSPS) is 12.6. The summed E-state index contributed by atoms with van der Waals surface area (Å²) in [6.45, 7) is 1.73. The van der Waals surface area contributed by atoms with Crippen molar-refractivity contribution in [3.8, 4) is 11.3 Å². The first kappa shape index (κ1) is 14.7. The SMILES string of the molecule is CC(O)c1ccc2ccccc2c1-c1c2ccccc2cc[n+]1[O-]. The average molecular weight is 315 g/mol. The van der Waals surface area contributed by atoms with E-state index >= 15 is 0 Å². The summed E-state index contributed by atoms with van der Waals surface area (Å²) in [5.74, 6) is 0. The van der Waals surface area contributed by atoms with Gasteiger partial charge in [-0.15, -0.1) is 0 Å². The van der Waals surface area contributed by atoms with Crippen molar-refractivity contribution in [3.63, 3.8) is 0 Å². The summed E-state index contributed by atoms with van der Waals surface area (Å²) in [7, 11) is 0. The van der Waals surface area contributed by atoms with Gasteiger partial charge in [0.05, 0.1) is 17.1 Å². The predicted molar refractivity (Wildman–Crippen MR) is 96.5 cm³/mol. The quantitative estimate of drug-likeness (QED) is 0.441. The number of fused-ring (bicyclic) bond motifs is 2. The summed E-state index contributed by atoms with van der Waals surface area (Å²) < 4.78 is 0.899. The van der Waals surface area contributed by atoms with Gasteiger partial charge in [-0.1, -0.05) is 54.6 Å². The maximum Gasteiger partial charge on any atom is 0.232 e. The van der Waals surface area contributed by atoms with Crippen molar-refractivity contribution < 1.29 is 9.84 Å². The summed E-state index contributed by atoms with van der Waals surface area (Å²) >= 11 is 0. The zero-order valence-corrected chi connectivity index (χ0v) is 13.3. The number of benzene rings is 3. The Hall–Kier alpha value is -2.91. The molecule has 0 spiro atoms. The van der Waals surface area contributed by atoms with Crippen LogP contribution in [0.1, 0.15) is 18.6 Å². The third kappa shape index (κ3) is 2.22.